The number of hydrogen-bond acceptors (Lipinski definition) is 3. The minimum absolute atomic E-state index is 0.105. The van der Waals surface area contributed by atoms with E-state index in [1.807, 2.05) is 0 Å². The van der Waals surface area contributed by atoms with Crippen LogP contribution in [-0.4, -0.2) is 43.2 Å². The molecule has 1 rings (SSSR count). The van der Waals surface area contributed by atoms with E-state index in [-0.39, 0.29) is 18.4 Å². The quantitative estimate of drug-likeness (QED) is 0.702. The smallest absolute Gasteiger partial charge is 0.240 e. The Morgan fingerprint density at radius 2 is 2.44 bits per heavy atom. The summed E-state index contributed by atoms with van der Waals surface area (Å²) in [7, 11) is 1.75. The Hall–Kier alpha value is -1.05. The number of rotatable bonds is 4. The molecule has 1 heterocycles. The maximum absolute atomic E-state index is 11.8. The third kappa shape index (κ3) is 3.84. The number of amides is 1. The molecule has 2 atom stereocenters. The van der Waals surface area contributed by atoms with Gasteiger partial charge in [-0.2, -0.15) is 0 Å². The summed E-state index contributed by atoms with van der Waals surface area (Å²) >= 11 is 0. The average molecular weight is 224 g/mol. The maximum Gasteiger partial charge on any atom is 0.240 e. The molecular weight excluding hydrogens is 204 g/mol. The molecule has 0 bridgehead atoms. The number of carbonyl (C=O) groups excluding carboxylic acids is 1. The van der Waals surface area contributed by atoms with Gasteiger partial charge in [-0.3, -0.25) is 4.79 Å². The standard InChI is InChI=1S/C12H20N2O2/c1-3-6-11(13)12(15)14(2)9-10-7-4-5-8-16-10/h1,10-11H,4-9,13H2,2H3. The first-order chi connectivity index (χ1) is 7.65. The number of ether oxygens (including phenoxy) is 1. The monoisotopic (exact) mass is 224 g/mol. The van der Waals surface area contributed by atoms with E-state index < -0.39 is 6.04 Å². The highest BCUT2D eigenvalue weighted by Gasteiger charge is 2.21. The Bertz CT molecular complexity index is 267. The number of carbonyl (C=O) groups is 1. The van der Waals surface area contributed by atoms with Gasteiger partial charge >= 0.3 is 0 Å². The van der Waals surface area contributed by atoms with Crippen LogP contribution in [-0.2, 0) is 9.53 Å². The maximum atomic E-state index is 11.8. The van der Waals surface area contributed by atoms with E-state index in [1.54, 1.807) is 11.9 Å². The molecule has 0 radical (unpaired) electrons. The second-order valence-corrected chi connectivity index (χ2v) is 4.22. The van der Waals surface area contributed by atoms with Gasteiger partial charge in [0, 0.05) is 26.6 Å². The zero-order valence-electron chi connectivity index (χ0n) is 9.82. The Morgan fingerprint density at radius 1 is 1.69 bits per heavy atom. The van der Waals surface area contributed by atoms with E-state index in [0.29, 0.717) is 6.54 Å². The topological polar surface area (TPSA) is 55.6 Å². The van der Waals surface area contributed by atoms with Gasteiger partial charge in [-0.1, -0.05) is 0 Å². The summed E-state index contributed by atoms with van der Waals surface area (Å²) in [5, 5.41) is 0. The van der Waals surface area contributed by atoms with Crippen molar-refractivity contribution < 1.29 is 9.53 Å². The molecule has 1 saturated heterocycles. The summed E-state index contributed by atoms with van der Waals surface area (Å²) in [4.78, 5) is 13.4. The van der Waals surface area contributed by atoms with Crippen LogP contribution in [0.1, 0.15) is 25.7 Å². The molecule has 0 aromatic rings. The summed E-state index contributed by atoms with van der Waals surface area (Å²) in [5.41, 5.74) is 5.66. The number of terminal acetylenes is 1. The van der Waals surface area contributed by atoms with Crippen molar-refractivity contribution in [1.82, 2.24) is 4.90 Å². The largest absolute Gasteiger partial charge is 0.376 e. The Kier molecular flexibility index (Phi) is 5.30. The third-order valence-corrected chi connectivity index (χ3v) is 2.78. The molecule has 0 aliphatic carbocycles. The first-order valence-corrected chi connectivity index (χ1v) is 5.70. The van der Waals surface area contributed by atoms with Crippen LogP contribution in [0.25, 0.3) is 0 Å². The van der Waals surface area contributed by atoms with Crippen LogP contribution in [0, 0.1) is 12.3 Å². The first kappa shape index (κ1) is 13.0. The van der Waals surface area contributed by atoms with Crippen LogP contribution in [0.3, 0.4) is 0 Å². The van der Waals surface area contributed by atoms with Gasteiger partial charge < -0.3 is 15.4 Å². The second kappa shape index (κ2) is 6.51. The van der Waals surface area contributed by atoms with Crippen molar-refractivity contribution in [1.29, 1.82) is 0 Å². The number of likely N-dealkylation sites (N-methyl/N-ethyl adjacent to an activating group) is 1. The van der Waals surface area contributed by atoms with Gasteiger partial charge in [0.1, 0.15) is 0 Å². The summed E-state index contributed by atoms with van der Waals surface area (Å²) < 4.78 is 5.56. The normalized spacial score (nSPS) is 22.2. The van der Waals surface area contributed by atoms with Gasteiger partial charge in [-0.25, -0.2) is 0 Å². The first-order valence-electron chi connectivity index (χ1n) is 5.70. The molecule has 1 amide bonds. The van der Waals surface area contributed by atoms with Crippen molar-refractivity contribution >= 4 is 5.91 Å². The number of hydrogen-bond donors (Lipinski definition) is 1. The van der Waals surface area contributed by atoms with E-state index in [4.69, 9.17) is 16.9 Å². The lowest BCUT2D eigenvalue weighted by Gasteiger charge is -2.28. The summed E-state index contributed by atoms with van der Waals surface area (Å²) in [6.45, 7) is 1.40. The van der Waals surface area contributed by atoms with Gasteiger partial charge in [0.15, 0.2) is 0 Å². The number of nitrogens with two attached hydrogens (primary N) is 1. The predicted molar refractivity (Wildman–Crippen MR) is 62.7 cm³/mol. The van der Waals surface area contributed by atoms with E-state index in [2.05, 4.69) is 5.92 Å². The molecule has 4 nitrogen and oxygen atoms in total. The molecule has 16 heavy (non-hydrogen) atoms. The van der Waals surface area contributed by atoms with Crippen molar-refractivity contribution in [3.8, 4) is 12.3 Å². The highest BCUT2D eigenvalue weighted by Crippen LogP contribution is 2.13. The predicted octanol–water partition coefficient (Wildman–Crippen LogP) is 0.364. The van der Waals surface area contributed by atoms with Gasteiger partial charge in [0.05, 0.1) is 12.1 Å². The lowest BCUT2D eigenvalue weighted by atomic mass is 10.1. The van der Waals surface area contributed by atoms with Crippen molar-refractivity contribution in [2.24, 2.45) is 5.73 Å². The van der Waals surface area contributed by atoms with Crippen molar-refractivity contribution in [3.63, 3.8) is 0 Å². The molecule has 1 fully saturated rings. The molecule has 0 saturated carbocycles. The van der Waals surface area contributed by atoms with Gasteiger partial charge in [0.25, 0.3) is 0 Å². The molecule has 2 unspecified atom stereocenters. The summed E-state index contributed by atoms with van der Waals surface area (Å²) in [6, 6.07) is -0.585. The lowest BCUT2D eigenvalue weighted by molar-refractivity contribution is -0.133. The molecule has 0 aromatic carbocycles. The van der Waals surface area contributed by atoms with E-state index >= 15 is 0 Å². The van der Waals surface area contributed by atoms with Crippen molar-refractivity contribution in [3.05, 3.63) is 0 Å². The van der Waals surface area contributed by atoms with Gasteiger partial charge in [-0.05, 0) is 19.3 Å². The third-order valence-electron chi connectivity index (χ3n) is 2.78. The fourth-order valence-corrected chi connectivity index (χ4v) is 1.84. The van der Waals surface area contributed by atoms with Crippen LogP contribution < -0.4 is 5.73 Å². The molecular formula is C12H20N2O2. The molecule has 4 heteroatoms. The van der Waals surface area contributed by atoms with Crippen LogP contribution in [0.5, 0.6) is 0 Å². The van der Waals surface area contributed by atoms with Crippen LogP contribution >= 0.6 is 0 Å². The SMILES string of the molecule is C#CCC(N)C(=O)N(C)CC1CCCCO1. The minimum Gasteiger partial charge on any atom is -0.376 e. The van der Waals surface area contributed by atoms with Gasteiger partial charge in [-0.15, -0.1) is 12.3 Å². The van der Waals surface area contributed by atoms with Crippen LogP contribution in [0.4, 0.5) is 0 Å². The highest BCUT2D eigenvalue weighted by molar-refractivity contribution is 5.81. The minimum atomic E-state index is -0.585. The Morgan fingerprint density at radius 3 is 3.00 bits per heavy atom. The highest BCUT2D eigenvalue weighted by atomic mass is 16.5. The molecule has 0 aromatic heterocycles. The lowest BCUT2D eigenvalue weighted by Crippen LogP contribution is -2.45. The van der Waals surface area contributed by atoms with Crippen LogP contribution in [0.15, 0.2) is 0 Å². The van der Waals surface area contributed by atoms with Crippen LogP contribution in [0.2, 0.25) is 0 Å². The fourth-order valence-electron chi connectivity index (χ4n) is 1.84. The summed E-state index contributed by atoms with van der Waals surface area (Å²) in [5.74, 6) is 2.30. The fraction of sp³-hybridized carbons (Fsp3) is 0.750. The van der Waals surface area contributed by atoms with E-state index in [9.17, 15) is 4.79 Å². The Labute approximate surface area is 97.1 Å². The van der Waals surface area contributed by atoms with E-state index in [1.165, 1.54) is 6.42 Å². The summed E-state index contributed by atoms with van der Waals surface area (Å²) in [6.07, 6.45) is 8.87. The molecule has 0 spiro atoms. The van der Waals surface area contributed by atoms with Gasteiger partial charge in [0.2, 0.25) is 5.91 Å². The van der Waals surface area contributed by atoms with E-state index in [0.717, 1.165) is 19.4 Å². The average Bonchev–Trinajstić information content (AvgIpc) is 2.29. The zero-order valence-corrected chi connectivity index (χ0v) is 9.82. The molecule has 1 aliphatic rings. The van der Waals surface area contributed by atoms with Crippen molar-refractivity contribution in [2.75, 3.05) is 20.2 Å². The molecule has 90 valence electrons. The Balaban J connectivity index is 2.35. The molecule has 1 aliphatic heterocycles. The van der Waals surface area contributed by atoms with Crippen molar-refractivity contribution in [2.45, 2.75) is 37.8 Å². The second-order valence-electron chi connectivity index (χ2n) is 4.22. The zero-order chi connectivity index (χ0) is 12.0. The number of nitrogens with zero attached hydrogens (tertiary/aromatic N) is 1. The molecule has 2 N–H and O–H groups in total.